The van der Waals surface area contributed by atoms with Gasteiger partial charge in [0.1, 0.15) is 0 Å². The van der Waals surface area contributed by atoms with Crippen LogP contribution in [-0.2, 0) is 4.74 Å². The van der Waals surface area contributed by atoms with Gasteiger partial charge in [-0.3, -0.25) is 0 Å². The average molecular weight is 118 g/mol. The monoisotopic (exact) mass is 118 g/mol. The molecule has 0 aliphatic rings. The first-order valence-electron chi connectivity index (χ1n) is 2.84. The minimum Gasteiger partial charge on any atom is -0.386 e. The van der Waals surface area contributed by atoms with E-state index in [0.29, 0.717) is 5.73 Å². The van der Waals surface area contributed by atoms with Gasteiger partial charge in [0.2, 0.25) is 0 Å². The van der Waals surface area contributed by atoms with Gasteiger partial charge in [-0.15, -0.1) is 0 Å². The van der Waals surface area contributed by atoms with Crippen LogP contribution in [0.4, 0.5) is 0 Å². The van der Waals surface area contributed by atoms with E-state index in [1.165, 1.54) is 23.1 Å². The second-order valence-electron chi connectivity index (χ2n) is 1.83. The van der Waals surface area contributed by atoms with Crippen molar-refractivity contribution in [2.45, 2.75) is 25.5 Å². The summed E-state index contributed by atoms with van der Waals surface area (Å²) >= 11 is 0. The molecular formula is C5H14OSi. The molecule has 1 atom stereocenters. The molecule has 0 amide bonds. The van der Waals surface area contributed by atoms with Crippen molar-refractivity contribution < 1.29 is 4.74 Å². The van der Waals surface area contributed by atoms with E-state index < -0.39 is 0 Å². The Morgan fingerprint density at radius 1 is 1.71 bits per heavy atom. The van der Waals surface area contributed by atoms with Crippen LogP contribution in [0.3, 0.4) is 0 Å². The maximum atomic E-state index is 5.05. The molecular weight excluding hydrogens is 104 g/mol. The predicted octanol–water partition coefficient (Wildman–Crippen LogP) is 0.124. The molecule has 1 nitrogen and oxygen atoms in total. The first-order chi connectivity index (χ1) is 3.31. The molecule has 0 fully saturated rings. The van der Waals surface area contributed by atoms with Crippen LogP contribution in [0.2, 0.25) is 0 Å². The Bertz CT molecular complexity index is 39.1. The smallest absolute Gasteiger partial charge is 0.0392 e. The SMILES string of the molecule is CCCC([SiH3])OC. The van der Waals surface area contributed by atoms with E-state index in [1.54, 1.807) is 7.11 Å². The van der Waals surface area contributed by atoms with Gasteiger partial charge in [0, 0.05) is 23.1 Å². The van der Waals surface area contributed by atoms with Crippen LogP contribution >= 0.6 is 0 Å². The number of hydrogen-bond donors (Lipinski definition) is 0. The largest absolute Gasteiger partial charge is 0.386 e. The van der Waals surface area contributed by atoms with E-state index >= 15 is 0 Å². The first-order valence-corrected chi connectivity index (χ1v) is 3.99. The second kappa shape index (κ2) is 4.34. The highest BCUT2D eigenvalue weighted by atomic mass is 28.1. The molecule has 1 unspecified atom stereocenters. The Hall–Kier alpha value is 0.177. The zero-order chi connectivity index (χ0) is 5.70. The third kappa shape index (κ3) is 4.02. The highest BCUT2D eigenvalue weighted by Gasteiger charge is 1.92. The summed E-state index contributed by atoms with van der Waals surface area (Å²) < 4.78 is 5.05. The fourth-order valence-electron chi connectivity index (χ4n) is 0.524. The molecule has 0 heterocycles. The molecule has 0 saturated heterocycles. The van der Waals surface area contributed by atoms with Gasteiger partial charge in [0.25, 0.3) is 0 Å². The van der Waals surface area contributed by atoms with E-state index in [1.807, 2.05) is 0 Å². The summed E-state index contributed by atoms with van der Waals surface area (Å²) in [5, 5.41) is 0. The Morgan fingerprint density at radius 2 is 2.29 bits per heavy atom. The van der Waals surface area contributed by atoms with Crippen molar-refractivity contribution in [3.63, 3.8) is 0 Å². The van der Waals surface area contributed by atoms with Crippen LogP contribution in [0, 0.1) is 0 Å². The second-order valence-corrected chi connectivity index (χ2v) is 3.12. The molecule has 44 valence electrons. The predicted molar refractivity (Wildman–Crippen MR) is 35.6 cm³/mol. The van der Waals surface area contributed by atoms with Gasteiger partial charge in [0.05, 0.1) is 0 Å². The van der Waals surface area contributed by atoms with Gasteiger partial charge in [-0.1, -0.05) is 13.3 Å². The number of methoxy groups -OCH3 is 1. The molecule has 2 heteroatoms. The maximum Gasteiger partial charge on any atom is 0.0392 e. The number of ether oxygens (including phenoxy) is 1. The minimum atomic E-state index is 0.588. The van der Waals surface area contributed by atoms with Crippen molar-refractivity contribution in [1.29, 1.82) is 0 Å². The summed E-state index contributed by atoms with van der Waals surface area (Å²) in [7, 11) is 2.96. The first kappa shape index (κ1) is 7.18. The van der Waals surface area contributed by atoms with Crippen molar-refractivity contribution in [2.75, 3.05) is 7.11 Å². The molecule has 0 aromatic rings. The summed E-state index contributed by atoms with van der Waals surface area (Å²) in [5.74, 6) is 0. The average Bonchev–Trinajstić information content (AvgIpc) is 1.68. The van der Waals surface area contributed by atoms with Gasteiger partial charge in [-0.05, 0) is 6.42 Å². The van der Waals surface area contributed by atoms with E-state index in [4.69, 9.17) is 4.74 Å². The standard InChI is InChI=1S/C5H14OSi/c1-3-4-5(7)6-2/h5H,3-4H2,1-2,7H3. The third-order valence-corrected chi connectivity index (χ3v) is 2.15. The molecule has 0 radical (unpaired) electrons. The minimum absolute atomic E-state index is 0.588. The molecule has 0 bridgehead atoms. The zero-order valence-corrected chi connectivity index (χ0v) is 7.40. The van der Waals surface area contributed by atoms with Crippen LogP contribution in [-0.4, -0.2) is 23.1 Å². The van der Waals surface area contributed by atoms with Crippen molar-refractivity contribution in [3.05, 3.63) is 0 Å². The molecule has 0 aliphatic heterocycles. The lowest BCUT2D eigenvalue weighted by molar-refractivity contribution is 0.159. The molecule has 0 aromatic carbocycles. The number of rotatable bonds is 3. The Kier molecular flexibility index (Phi) is 4.45. The topological polar surface area (TPSA) is 9.23 Å². The van der Waals surface area contributed by atoms with Crippen LogP contribution in [0.5, 0.6) is 0 Å². The summed E-state index contributed by atoms with van der Waals surface area (Å²) in [6.07, 6.45) is 2.49. The van der Waals surface area contributed by atoms with E-state index in [-0.39, 0.29) is 0 Å². The van der Waals surface area contributed by atoms with Crippen molar-refractivity contribution >= 4 is 10.2 Å². The van der Waals surface area contributed by atoms with Gasteiger partial charge in [-0.25, -0.2) is 0 Å². The van der Waals surface area contributed by atoms with Gasteiger partial charge in [-0.2, -0.15) is 0 Å². The van der Waals surface area contributed by atoms with Crippen LogP contribution in [0.25, 0.3) is 0 Å². The van der Waals surface area contributed by atoms with Crippen LogP contribution < -0.4 is 0 Å². The van der Waals surface area contributed by atoms with E-state index in [9.17, 15) is 0 Å². The van der Waals surface area contributed by atoms with Gasteiger partial charge >= 0.3 is 0 Å². The summed E-state index contributed by atoms with van der Waals surface area (Å²) in [6.45, 7) is 2.18. The molecule has 0 rings (SSSR count). The lowest BCUT2D eigenvalue weighted by Crippen LogP contribution is -2.08. The lowest BCUT2D eigenvalue weighted by atomic mass is 10.4. The quantitative estimate of drug-likeness (QED) is 0.478. The summed E-state index contributed by atoms with van der Waals surface area (Å²) in [6, 6.07) is 0. The highest BCUT2D eigenvalue weighted by molar-refractivity contribution is 6.10. The van der Waals surface area contributed by atoms with Crippen molar-refractivity contribution in [2.24, 2.45) is 0 Å². The highest BCUT2D eigenvalue weighted by Crippen LogP contribution is 1.93. The van der Waals surface area contributed by atoms with E-state index in [0.717, 1.165) is 0 Å². The lowest BCUT2D eigenvalue weighted by Gasteiger charge is -2.04. The Balaban J connectivity index is 2.83. The van der Waals surface area contributed by atoms with Gasteiger partial charge in [0.15, 0.2) is 0 Å². The van der Waals surface area contributed by atoms with Crippen molar-refractivity contribution in [3.8, 4) is 0 Å². The normalized spacial score (nSPS) is 14.6. The van der Waals surface area contributed by atoms with Crippen LogP contribution in [0.1, 0.15) is 19.8 Å². The fraction of sp³-hybridized carbons (Fsp3) is 1.00. The maximum absolute atomic E-state index is 5.05. The molecule has 7 heavy (non-hydrogen) atoms. The fourth-order valence-corrected chi connectivity index (χ4v) is 1.10. The molecule has 0 aliphatic carbocycles. The molecule has 0 saturated carbocycles. The van der Waals surface area contributed by atoms with Gasteiger partial charge < -0.3 is 4.74 Å². The van der Waals surface area contributed by atoms with Crippen molar-refractivity contribution in [1.82, 2.24) is 0 Å². The Labute approximate surface area is 48.5 Å². The molecule has 0 aromatic heterocycles. The summed E-state index contributed by atoms with van der Waals surface area (Å²) in [4.78, 5) is 0. The molecule has 0 N–H and O–H groups in total. The number of hydrogen-bond acceptors (Lipinski definition) is 1. The zero-order valence-electron chi connectivity index (χ0n) is 5.40. The third-order valence-electron chi connectivity index (χ3n) is 1.10. The Morgan fingerprint density at radius 3 is 2.43 bits per heavy atom. The van der Waals surface area contributed by atoms with Crippen LogP contribution in [0.15, 0.2) is 0 Å². The molecule has 0 spiro atoms. The van der Waals surface area contributed by atoms with E-state index in [2.05, 4.69) is 6.92 Å². The summed E-state index contributed by atoms with van der Waals surface area (Å²) in [5.41, 5.74) is 0.588.